The molecule has 1 aliphatic carbocycles. The molecule has 1 amide bonds. The van der Waals surface area contributed by atoms with E-state index in [1.165, 1.54) is 6.92 Å². The molecule has 1 aliphatic rings. The van der Waals surface area contributed by atoms with Crippen molar-refractivity contribution in [3.8, 4) is 11.8 Å². The Morgan fingerprint density at radius 2 is 1.95 bits per heavy atom. The highest BCUT2D eigenvalue weighted by Crippen LogP contribution is 2.32. The number of carbonyl (C=O) groups excluding carboxylic acids is 2. The molecule has 1 aromatic carbocycles. The number of hydrogen-bond donors (Lipinski definition) is 1. The molecule has 0 heterocycles. The summed E-state index contributed by atoms with van der Waals surface area (Å²) in [6, 6.07) is 7.44. The Morgan fingerprint density at radius 3 is 2.53 bits per heavy atom. The van der Waals surface area contributed by atoms with Crippen LogP contribution in [-0.4, -0.2) is 18.2 Å². The number of nitrogens with one attached hydrogen (secondary N) is 1. The second kappa shape index (κ2) is 6.19. The van der Waals surface area contributed by atoms with Gasteiger partial charge in [-0.25, -0.2) is 0 Å². The van der Waals surface area contributed by atoms with Gasteiger partial charge in [0.15, 0.2) is 5.78 Å². The van der Waals surface area contributed by atoms with E-state index in [9.17, 15) is 9.59 Å². The van der Waals surface area contributed by atoms with Gasteiger partial charge >= 0.3 is 0 Å². The van der Waals surface area contributed by atoms with E-state index >= 15 is 0 Å². The largest absolute Gasteiger partial charge is 0.355 e. The van der Waals surface area contributed by atoms with Gasteiger partial charge in [0.25, 0.3) is 0 Å². The van der Waals surface area contributed by atoms with Crippen LogP contribution in [0.1, 0.15) is 42.1 Å². The standard InChI is InChI=1S/C16H17NO2/c1-12(18)17-11-3-2-4-13-5-7-14(8-6-13)16(19)15-9-10-15/h5-8,15H,3,9-11H2,1H3,(H,17,18). The number of carbonyl (C=O) groups is 2. The highest BCUT2D eigenvalue weighted by Gasteiger charge is 2.30. The summed E-state index contributed by atoms with van der Waals surface area (Å²) in [5, 5.41) is 2.69. The number of Topliss-reactive ketones (excluding diaryl/α,β-unsaturated/α-hetero) is 1. The van der Waals surface area contributed by atoms with E-state index in [2.05, 4.69) is 17.2 Å². The van der Waals surface area contributed by atoms with Gasteiger partial charge in [-0.3, -0.25) is 9.59 Å². The van der Waals surface area contributed by atoms with E-state index in [4.69, 9.17) is 0 Å². The van der Waals surface area contributed by atoms with Crippen molar-refractivity contribution in [1.82, 2.24) is 5.32 Å². The van der Waals surface area contributed by atoms with Crippen molar-refractivity contribution in [2.24, 2.45) is 5.92 Å². The molecule has 1 aromatic rings. The first-order chi connectivity index (χ1) is 9.16. The Hall–Kier alpha value is -2.08. The zero-order valence-electron chi connectivity index (χ0n) is 11.0. The molecule has 0 spiro atoms. The van der Waals surface area contributed by atoms with Gasteiger partial charge in [0.05, 0.1) is 0 Å². The van der Waals surface area contributed by atoms with Crippen molar-refractivity contribution in [2.45, 2.75) is 26.2 Å². The second-order valence-corrected chi connectivity index (χ2v) is 4.75. The van der Waals surface area contributed by atoms with Gasteiger partial charge in [-0.2, -0.15) is 0 Å². The molecule has 98 valence electrons. The molecule has 0 atom stereocenters. The number of benzene rings is 1. The van der Waals surface area contributed by atoms with Crippen LogP contribution < -0.4 is 5.32 Å². The van der Waals surface area contributed by atoms with Gasteiger partial charge < -0.3 is 5.32 Å². The van der Waals surface area contributed by atoms with Crippen molar-refractivity contribution >= 4 is 11.7 Å². The smallest absolute Gasteiger partial charge is 0.216 e. The van der Waals surface area contributed by atoms with Crippen LogP contribution >= 0.6 is 0 Å². The SMILES string of the molecule is CC(=O)NCCC#Cc1ccc(C(=O)C2CC2)cc1. The average Bonchev–Trinajstić information content (AvgIpc) is 3.22. The highest BCUT2D eigenvalue weighted by atomic mass is 16.1. The lowest BCUT2D eigenvalue weighted by Gasteiger charge is -1.98. The molecule has 0 radical (unpaired) electrons. The molecular weight excluding hydrogens is 238 g/mol. The fourth-order valence-electron chi connectivity index (χ4n) is 1.76. The van der Waals surface area contributed by atoms with Crippen LogP contribution in [0.5, 0.6) is 0 Å². The summed E-state index contributed by atoms with van der Waals surface area (Å²) in [7, 11) is 0. The van der Waals surface area contributed by atoms with Gasteiger partial charge in [-0.15, -0.1) is 0 Å². The zero-order chi connectivity index (χ0) is 13.7. The monoisotopic (exact) mass is 255 g/mol. The Balaban J connectivity index is 1.86. The summed E-state index contributed by atoms with van der Waals surface area (Å²) >= 11 is 0. The lowest BCUT2D eigenvalue weighted by Crippen LogP contribution is -2.20. The molecule has 0 bridgehead atoms. The third-order valence-corrected chi connectivity index (χ3v) is 2.97. The maximum absolute atomic E-state index is 11.8. The quantitative estimate of drug-likeness (QED) is 0.509. The van der Waals surface area contributed by atoms with Crippen LogP contribution in [0, 0.1) is 17.8 Å². The van der Waals surface area contributed by atoms with E-state index in [-0.39, 0.29) is 17.6 Å². The zero-order valence-corrected chi connectivity index (χ0v) is 11.0. The lowest BCUT2D eigenvalue weighted by atomic mass is 10.1. The van der Waals surface area contributed by atoms with E-state index < -0.39 is 0 Å². The molecular formula is C16H17NO2. The summed E-state index contributed by atoms with van der Waals surface area (Å²) in [4.78, 5) is 22.5. The number of rotatable bonds is 4. The molecule has 0 aliphatic heterocycles. The van der Waals surface area contributed by atoms with E-state index in [0.717, 1.165) is 24.0 Å². The molecule has 1 fully saturated rings. The Kier molecular flexibility index (Phi) is 4.35. The van der Waals surface area contributed by atoms with E-state index in [1.807, 2.05) is 24.3 Å². The fraction of sp³-hybridized carbons (Fsp3) is 0.375. The molecule has 3 heteroatoms. The van der Waals surface area contributed by atoms with Gasteiger partial charge in [-0.1, -0.05) is 24.0 Å². The third kappa shape index (κ3) is 4.26. The summed E-state index contributed by atoms with van der Waals surface area (Å²) in [5.41, 5.74) is 1.68. The lowest BCUT2D eigenvalue weighted by molar-refractivity contribution is -0.118. The van der Waals surface area contributed by atoms with Crippen molar-refractivity contribution in [2.75, 3.05) is 6.54 Å². The summed E-state index contributed by atoms with van der Waals surface area (Å²) < 4.78 is 0. The fourth-order valence-corrected chi connectivity index (χ4v) is 1.76. The average molecular weight is 255 g/mol. The van der Waals surface area contributed by atoms with E-state index in [0.29, 0.717) is 13.0 Å². The van der Waals surface area contributed by atoms with Crippen LogP contribution in [0.3, 0.4) is 0 Å². The summed E-state index contributed by atoms with van der Waals surface area (Å²) in [5.74, 6) is 6.48. The summed E-state index contributed by atoms with van der Waals surface area (Å²) in [6.07, 6.45) is 2.69. The first-order valence-corrected chi connectivity index (χ1v) is 6.54. The van der Waals surface area contributed by atoms with Crippen molar-refractivity contribution in [1.29, 1.82) is 0 Å². The normalized spacial score (nSPS) is 13.3. The maximum Gasteiger partial charge on any atom is 0.216 e. The van der Waals surface area contributed by atoms with Crippen molar-refractivity contribution in [3.05, 3.63) is 35.4 Å². The van der Waals surface area contributed by atoms with Crippen molar-refractivity contribution < 1.29 is 9.59 Å². The van der Waals surface area contributed by atoms with Crippen LogP contribution in [0.2, 0.25) is 0 Å². The molecule has 1 saturated carbocycles. The number of hydrogen-bond acceptors (Lipinski definition) is 2. The van der Waals surface area contributed by atoms with Crippen LogP contribution in [0.25, 0.3) is 0 Å². The Morgan fingerprint density at radius 1 is 1.26 bits per heavy atom. The third-order valence-electron chi connectivity index (χ3n) is 2.97. The van der Waals surface area contributed by atoms with Crippen LogP contribution in [0.4, 0.5) is 0 Å². The first-order valence-electron chi connectivity index (χ1n) is 6.54. The molecule has 0 unspecified atom stereocenters. The van der Waals surface area contributed by atoms with Gasteiger partial charge in [0, 0.05) is 36.9 Å². The molecule has 19 heavy (non-hydrogen) atoms. The van der Waals surface area contributed by atoms with E-state index in [1.54, 1.807) is 0 Å². The highest BCUT2D eigenvalue weighted by molar-refractivity contribution is 5.99. The number of amides is 1. The Bertz CT molecular complexity index is 530. The van der Waals surface area contributed by atoms with Crippen molar-refractivity contribution in [3.63, 3.8) is 0 Å². The first kappa shape index (κ1) is 13.4. The second-order valence-electron chi connectivity index (χ2n) is 4.75. The van der Waals surface area contributed by atoms with Crippen LogP contribution in [-0.2, 0) is 4.79 Å². The minimum Gasteiger partial charge on any atom is -0.355 e. The molecule has 0 saturated heterocycles. The predicted octanol–water partition coefficient (Wildman–Crippen LogP) is 2.16. The minimum absolute atomic E-state index is 0.0373. The summed E-state index contributed by atoms with van der Waals surface area (Å²) in [6.45, 7) is 2.06. The molecule has 2 rings (SSSR count). The maximum atomic E-state index is 11.8. The molecule has 1 N–H and O–H groups in total. The topological polar surface area (TPSA) is 46.2 Å². The Labute approximate surface area is 113 Å². The molecule has 0 aromatic heterocycles. The molecule has 3 nitrogen and oxygen atoms in total. The van der Waals surface area contributed by atoms with Gasteiger partial charge in [0.2, 0.25) is 5.91 Å². The van der Waals surface area contributed by atoms with Gasteiger partial charge in [-0.05, 0) is 25.0 Å². The van der Waals surface area contributed by atoms with Crippen LogP contribution in [0.15, 0.2) is 24.3 Å². The predicted molar refractivity (Wildman–Crippen MR) is 73.7 cm³/mol. The number of ketones is 1. The van der Waals surface area contributed by atoms with Gasteiger partial charge in [0.1, 0.15) is 0 Å². The minimum atomic E-state index is -0.0373.